The van der Waals surface area contributed by atoms with E-state index in [0.717, 1.165) is 31.7 Å². The average molecular weight is 618 g/mol. The third-order valence-corrected chi connectivity index (χ3v) is 7.87. The second kappa shape index (κ2) is 13.4. The number of anilines is 2. The van der Waals surface area contributed by atoms with Gasteiger partial charge in [-0.05, 0) is 80.9 Å². The summed E-state index contributed by atoms with van der Waals surface area (Å²) in [6.07, 6.45) is 8.50. The molecule has 11 heteroatoms. The first kappa shape index (κ1) is 29.5. The number of pyridine rings is 1. The zero-order chi connectivity index (χ0) is 30.5. The van der Waals surface area contributed by atoms with Gasteiger partial charge in [0.15, 0.2) is 23.1 Å². The number of ether oxygens (including phenoxy) is 3. The number of methoxy groups -OCH3 is 1. The molecule has 0 bridgehead atoms. The Balaban J connectivity index is 1.09. The summed E-state index contributed by atoms with van der Waals surface area (Å²) in [6, 6.07) is 16.5. The Morgan fingerprint density at radius 2 is 1.80 bits per heavy atom. The van der Waals surface area contributed by atoms with Crippen LogP contribution >= 0.6 is 11.6 Å². The first-order chi connectivity index (χ1) is 21.5. The molecule has 6 rings (SSSR count). The Hall–Kier alpha value is -4.54. The molecule has 1 aromatic heterocycles. The number of nitrogens with one attached hydrogen (secondary N) is 1. The highest BCUT2D eigenvalue weighted by Crippen LogP contribution is 2.38. The third kappa shape index (κ3) is 6.82. The van der Waals surface area contributed by atoms with Crippen molar-refractivity contribution in [3.8, 4) is 23.0 Å². The Kier molecular flexibility index (Phi) is 8.99. The van der Waals surface area contributed by atoms with E-state index < -0.39 is 11.8 Å². The van der Waals surface area contributed by atoms with E-state index in [2.05, 4.69) is 15.2 Å². The molecule has 0 radical (unpaired) electrons. The van der Waals surface area contributed by atoms with Crippen LogP contribution in [0.5, 0.6) is 23.0 Å². The van der Waals surface area contributed by atoms with E-state index in [0.29, 0.717) is 52.1 Å². The van der Waals surface area contributed by atoms with Gasteiger partial charge < -0.3 is 29.3 Å². The molecule has 1 N–H and O–H groups in total. The number of likely N-dealkylation sites (tertiary alicyclic amines) is 1. The number of benzene rings is 3. The molecule has 3 heterocycles. The number of carbonyl (C=O) groups excluding carboxylic acids is 1. The lowest BCUT2D eigenvalue weighted by atomic mass is 10.1. The lowest BCUT2D eigenvalue weighted by Crippen LogP contribution is -2.33. The van der Waals surface area contributed by atoms with E-state index in [9.17, 15) is 4.79 Å². The highest BCUT2D eigenvalue weighted by molar-refractivity contribution is 6.30. The van der Waals surface area contributed by atoms with Crippen molar-refractivity contribution in [2.45, 2.75) is 19.3 Å². The first-order valence-corrected chi connectivity index (χ1v) is 14.9. The van der Waals surface area contributed by atoms with Crippen molar-refractivity contribution >= 4 is 39.9 Å². The van der Waals surface area contributed by atoms with E-state index >= 15 is 4.39 Å². The van der Waals surface area contributed by atoms with E-state index in [1.807, 2.05) is 23.1 Å². The topological polar surface area (TPSA) is 79.4 Å². The molecule has 2 aliphatic rings. The van der Waals surface area contributed by atoms with Crippen molar-refractivity contribution < 1.29 is 23.4 Å². The molecule has 0 atom stereocenters. The zero-order valence-corrected chi connectivity index (χ0v) is 25.1. The van der Waals surface area contributed by atoms with Gasteiger partial charge >= 0.3 is 6.03 Å². The maximum absolute atomic E-state index is 15.2. The van der Waals surface area contributed by atoms with Gasteiger partial charge in [-0.25, -0.2) is 9.18 Å². The van der Waals surface area contributed by atoms with Gasteiger partial charge in [0.05, 0.1) is 19.2 Å². The molecule has 3 aromatic carbocycles. The molecule has 0 saturated carbocycles. The van der Waals surface area contributed by atoms with Gasteiger partial charge in [0.1, 0.15) is 12.4 Å². The lowest BCUT2D eigenvalue weighted by Gasteiger charge is -2.20. The van der Waals surface area contributed by atoms with Crippen molar-refractivity contribution in [1.29, 1.82) is 0 Å². The summed E-state index contributed by atoms with van der Waals surface area (Å²) in [6.45, 7) is 4.20. The van der Waals surface area contributed by atoms with Gasteiger partial charge in [0.25, 0.3) is 0 Å². The molecule has 228 valence electrons. The maximum atomic E-state index is 15.2. The maximum Gasteiger partial charge on any atom is 0.327 e. The number of hydrogen-bond acceptors (Lipinski definition) is 7. The normalized spacial score (nSPS) is 14.8. The van der Waals surface area contributed by atoms with Crippen LogP contribution in [-0.2, 0) is 0 Å². The molecule has 2 aliphatic heterocycles. The van der Waals surface area contributed by atoms with E-state index in [1.54, 1.807) is 56.0 Å². The monoisotopic (exact) mass is 617 g/mol. The second-order valence-electron chi connectivity index (χ2n) is 10.6. The fraction of sp³-hybridized carbons (Fsp3) is 0.273. The number of hydrogen-bond donors (Lipinski definition) is 1. The summed E-state index contributed by atoms with van der Waals surface area (Å²) in [7, 11) is 1.58. The minimum Gasteiger partial charge on any atom is -0.493 e. The minimum absolute atomic E-state index is 0.00619. The molecule has 0 spiro atoms. The molecule has 1 fully saturated rings. The SMILES string of the molecule is COc1cc2c(Oc3ccc(NC(=O)N4C=CN(c5ccc(Cl)cc5)C4)cc3F)ccnc2cc1OCCCN1CCCC1. The predicted octanol–water partition coefficient (Wildman–Crippen LogP) is 7.48. The molecular formula is C33H33ClFN5O4. The lowest BCUT2D eigenvalue weighted by molar-refractivity contribution is 0.231. The Bertz CT molecular complexity index is 1660. The van der Waals surface area contributed by atoms with Crippen LogP contribution in [0.3, 0.4) is 0 Å². The summed E-state index contributed by atoms with van der Waals surface area (Å²) in [5.74, 6) is 0.931. The van der Waals surface area contributed by atoms with Crippen LogP contribution in [0.25, 0.3) is 10.9 Å². The first-order valence-electron chi connectivity index (χ1n) is 14.5. The fourth-order valence-electron chi connectivity index (χ4n) is 5.29. The molecule has 0 unspecified atom stereocenters. The number of aromatic nitrogens is 1. The largest absolute Gasteiger partial charge is 0.493 e. The Morgan fingerprint density at radius 3 is 2.57 bits per heavy atom. The zero-order valence-electron chi connectivity index (χ0n) is 24.3. The third-order valence-electron chi connectivity index (χ3n) is 7.62. The number of rotatable bonds is 10. The van der Waals surface area contributed by atoms with E-state index in [1.165, 1.54) is 29.9 Å². The average Bonchev–Trinajstić information content (AvgIpc) is 3.74. The molecule has 44 heavy (non-hydrogen) atoms. The summed E-state index contributed by atoms with van der Waals surface area (Å²) in [5, 5.41) is 4.02. The number of amides is 2. The number of nitrogens with zero attached hydrogens (tertiary/aromatic N) is 4. The fourth-order valence-corrected chi connectivity index (χ4v) is 5.42. The standard InChI is InChI=1S/C33H33ClFN5O4/c1-42-31-20-26-28(21-32(31)43-18-4-15-38-13-2-3-14-38)36-12-11-29(26)44-30-10-7-24(19-27(30)35)37-33(41)40-17-16-39(22-40)25-8-5-23(34)6-9-25/h5-12,16-17,19-21H,2-4,13-15,18,22H2,1H3,(H,37,41). The number of fused-ring (bicyclic) bond motifs is 1. The van der Waals surface area contributed by atoms with E-state index in [-0.39, 0.29) is 5.75 Å². The van der Waals surface area contributed by atoms with E-state index in [4.69, 9.17) is 25.8 Å². The molecular weight excluding hydrogens is 585 g/mol. The van der Waals surface area contributed by atoms with Gasteiger partial charge in [-0.1, -0.05) is 11.6 Å². The van der Waals surface area contributed by atoms with Gasteiger partial charge in [-0.3, -0.25) is 9.88 Å². The molecule has 9 nitrogen and oxygen atoms in total. The molecule has 4 aromatic rings. The van der Waals surface area contributed by atoms with Crippen molar-refractivity contribution in [3.05, 3.63) is 90.1 Å². The van der Waals surface area contributed by atoms with Crippen LogP contribution in [0.2, 0.25) is 5.02 Å². The van der Waals surface area contributed by atoms with Crippen molar-refractivity contribution in [2.75, 3.05) is 50.2 Å². The van der Waals surface area contributed by atoms with Crippen LogP contribution in [0, 0.1) is 5.82 Å². The number of urea groups is 1. The highest BCUT2D eigenvalue weighted by atomic mass is 35.5. The van der Waals surface area contributed by atoms with Crippen LogP contribution in [0.1, 0.15) is 19.3 Å². The van der Waals surface area contributed by atoms with Crippen LogP contribution in [-0.4, -0.2) is 60.8 Å². The van der Waals surface area contributed by atoms with Crippen molar-refractivity contribution in [3.63, 3.8) is 0 Å². The molecule has 1 saturated heterocycles. The van der Waals surface area contributed by atoms with Crippen LogP contribution in [0.4, 0.5) is 20.6 Å². The van der Waals surface area contributed by atoms with Gasteiger partial charge in [0, 0.05) is 59.1 Å². The number of carbonyl (C=O) groups is 1. The Morgan fingerprint density at radius 1 is 0.977 bits per heavy atom. The minimum atomic E-state index is -0.627. The highest BCUT2D eigenvalue weighted by Gasteiger charge is 2.21. The van der Waals surface area contributed by atoms with Gasteiger partial charge in [-0.2, -0.15) is 0 Å². The van der Waals surface area contributed by atoms with Gasteiger partial charge in [-0.15, -0.1) is 0 Å². The van der Waals surface area contributed by atoms with Crippen LogP contribution in [0.15, 0.2) is 79.3 Å². The number of halogens is 2. The smallest absolute Gasteiger partial charge is 0.327 e. The van der Waals surface area contributed by atoms with Gasteiger partial charge in [0.2, 0.25) is 0 Å². The Labute approximate surface area is 260 Å². The quantitative estimate of drug-likeness (QED) is 0.185. The van der Waals surface area contributed by atoms with Crippen molar-refractivity contribution in [1.82, 2.24) is 14.8 Å². The van der Waals surface area contributed by atoms with Crippen LogP contribution < -0.4 is 24.4 Å². The summed E-state index contributed by atoms with van der Waals surface area (Å²) in [4.78, 5) is 23.1. The molecule has 2 amide bonds. The molecule has 0 aliphatic carbocycles. The second-order valence-corrected chi connectivity index (χ2v) is 11.0. The predicted molar refractivity (Wildman–Crippen MR) is 169 cm³/mol. The summed E-state index contributed by atoms with van der Waals surface area (Å²) < 4.78 is 32.8. The summed E-state index contributed by atoms with van der Waals surface area (Å²) in [5.41, 5.74) is 1.82. The van der Waals surface area contributed by atoms with Crippen molar-refractivity contribution in [2.24, 2.45) is 0 Å². The summed E-state index contributed by atoms with van der Waals surface area (Å²) >= 11 is 5.97.